The Labute approximate surface area is 113 Å². The minimum absolute atomic E-state index is 0.407. The number of rotatable bonds is 7. The third-order valence-electron chi connectivity index (χ3n) is 3.95. The van der Waals surface area contributed by atoms with Crippen LogP contribution in [0, 0.1) is 11.8 Å². The summed E-state index contributed by atoms with van der Waals surface area (Å²) in [6.45, 7) is 8.75. The third-order valence-corrected chi connectivity index (χ3v) is 3.95. The van der Waals surface area contributed by atoms with Crippen molar-refractivity contribution in [3.8, 4) is 0 Å². The highest BCUT2D eigenvalue weighted by Gasteiger charge is 2.23. The first kappa shape index (κ1) is 15.9. The van der Waals surface area contributed by atoms with Gasteiger partial charge in [0, 0.05) is 32.8 Å². The predicted molar refractivity (Wildman–Crippen MR) is 77.7 cm³/mol. The maximum atomic E-state index is 6.33. The van der Waals surface area contributed by atoms with Gasteiger partial charge in [-0.3, -0.25) is 0 Å². The molecular formula is C15H32N2O. The fourth-order valence-corrected chi connectivity index (χ4v) is 2.97. The summed E-state index contributed by atoms with van der Waals surface area (Å²) in [4.78, 5) is 2.55. The Morgan fingerprint density at radius 3 is 2.61 bits per heavy atom. The molecule has 0 aromatic rings. The highest BCUT2D eigenvalue weighted by molar-refractivity contribution is 4.79. The molecule has 1 aliphatic rings. The van der Waals surface area contributed by atoms with Crippen LogP contribution in [0.15, 0.2) is 0 Å². The first-order chi connectivity index (χ1) is 8.63. The van der Waals surface area contributed by atoms with Crippen LogP contribution in [-0.4, -0.2) is 44.3 Å². The Balaban J connectivity index is 2.45. The molecule has 2 N–H and O–H groups in total. The van der Waals surface area contributed by atoms with Gasteiger partial charge in [0.25, 0.3) is 0 Å². The number of nitrogens with two attached hydrogens (primary N) is 1. The van der Waals surface area contributed by atoms with Crippen LogP contribution >= 0.6 is 0 Å². The molecule has 0 heterocycles. The average molecular weight is 256 g/mol. The molecule has 2 unspecified atom stereocenters. The molecule has 18 heavy (non-hydrogen) atoms. The van der Waals surface area contributed by atoms with Gasteiger partial charge in [-0.05, 0) is 24.7 Å². The topological polar surface area (TPSA) is 38.5 Å². The van der Waals surface area contributed by atoms with Gasteiger partial charge in [0.2, 0.25) is 0 Å². The second-order valence-electron chi connectivity index (χ2n) is 6.21. The van der Waals surface area contributed by atoms with Gasteiger partial charge in [0.1, 0.15) is 0 Å². The lowest BCUT2D eigenvalue weighted by Gasteiger charge is -2.30. The Morgan fingerprint density at radius 2 is 1.94 bits per heavy atom. The Hall–Kier alpha value is -0.120. The van der Waals surface area contributed by atoms with Crippen LogP contribution in [-0.2, 0) is 4.74 Å². The molecule has 1 fully saturated rings. The van der Waals surface area contributed by atoms with Gasteiger partial charge in [-0.1, -0.05) is 33.1 Å². The standard InChI is InChI=1S/C15H32N2O/c1-13(2)11-17(9-10-18-3)12-14-7-5-4-6-8-15(14)16/h13-15H,4-12,16H2,1-3H3. The monoisotopic (exact) mass is 256 g/mol. The molecule has 0 bridgehead atoms. The zero-order valence-corrected chi connectivity index (χ0v) is 12.5. The lowest BCUT2D eigenvalue weighted by atomic mass is 9.94. The molecule has 0 aromatic carbocycles. The van der Waals surface area contributed by atoms with E-state index in [2.05, 4.69) is 18.7 Å². The zero-order valence-electron chi connectivity index (χ0n) is 12.5. The number of methoxy groups -OCH3 is 1. The van der Waals surface area contributed by atoms with Crippen molar-refractivity contribution in [3.63, 3.8) is 0 Å². The highest BCUT2D eigenvalue weighted by Crippen LogP contribution is 2.23. The molecule has 1 saturated carbocycles. The van der Waals surface area contributed by atoms with E-state index >= 15 is 0 Å². The van der Waals surface area contributed by atoms with Crippen molar-refractivity contribution in [2.24, 2.45) is 17.6 Å². The molecular weight excluding hydrogens is 224 g/mol. The van der Waals surface area contributed by atoms with Crippen LogP contribution in [0.3, 0.4) is 0 Å². The van der Waals surface area contributed by atoms with Crippen LogP contribution in [0.2, 0.25) is 0 Å². The summed E-state index contributed by atoms with van der Waals surface area (Å²) >= 11 is 0. The minimum atomic E-state index is 0.407. The number of hydrogen-bond donors (Lipinski definition) is 1. The second-order valence-corrected chi connectivity index (χ2v) is 6.21. The van der Waals surface area contributed by atoms with Crippen molar-refractivity contribution in [1.82, 2.24) is 4.90 Å². The van der Waals surface area contributed by atoms with Crippen LogP contribution in [0.1, 0.15) is 46.0 Å². The van der Waals surface area contributed by atoms with Crippen molar-refractivity contribution in [2.75, 3.05) is 33.4 Å². The fourth-order valence-electron chi connectivity index (χ4n) is 2.97. The molecule has 2 atom stereocenters. The van der Waals surface area contributed by atoms with Gasteiger partial charge in [-0.25, -0.2) is 0 Å². The van der Waals surface area contributed by atoms with Crippen molar-refractivity contribution in [3.05, 3.63) is 0 Å². The summed E-state index contributed by atoms with van der Waals surface area (Å²) < 4.78 is 5.22. The summed E-state index contributed by atoms with van der Waals surface area (Å²) in [5, 5.41) is 0. The van der Waals surface area contributed by atoms with E-state index in [1.54, 1.807) is 7.11 Å². The van der Waals surface area contributed by atoms with Crippen molar-refractivity contribution < 1.29 is 4.74 Å². The van der Waals surface area contributed by atoms with Crippen LogP contribution in [0.25, 0.3) is 0 Å². The van der Waals surface area contributed by atoms with Gasteiger partial charge >= 0.3 is 0 Å². The van der Waals surface area contributed by atoms with E-state index in [4.69, 9.17) is 10.5 Å². The summed E-state index contributed by atoms with van der Waals surface area (Å²) in [6.07, 6.45) is 6.57. The maximum Gasteiger partial charge on any atom is 0.0589 e. The molecule has 1 rings (SSSR count). The molecule has 3 heteroatoms. The summed E-state index contributed by atoms with van der Waals surface area (Å²) in [6, 6.07) is 0.407. The molecule has 0 aromatic heterocycles. The van der Waals surface area contributed by atoms with Crippen LogP contribution in [0.5, 0.6) is 0 Å². The Morgan fingerprint density at radius 1 is 1.22 bits per heavy atom. The van der Waals surface area contributed by atoms with Gasteiger partial charge in [-0.15, -0.1) is 0 Å². The van der Waals surface area contributed by atoms with E-state index in [-0.39, 0.29) is 0 Å². The van der Waals surface area contributed by atoms with Crippen molar-refractivity contribution in [1.29, 1.82) is 0 Å². The third kappa shape index (κ3) is 6.17. The molecule has 0 spiro atoms. The first-order valence-electron chi connectivity index (χ1n) is 7.60. The van der Waals surface area contributed by atoms with Gasteiger partial charge in [0.15, 0.2) is 0 Å². The number of nitrogens with zero attached hydrogens (tertiary/aromatic N) is 1. The molecule has 108 valence electrons. The van der Waals surface area contributed by atoms with Crippen molar-refractivity contribution in [2.45, 2.75) is 52.0 Å². The minimum Gasteiger partial charge on any atom is -0.383 e. The molecule has 0 amide bonds. The van der Waals surface area contributed by atoms with Gasteiger partial charge < -0.3 is 15.4 Å². The van der Waals surface area contributed by atoms with Gasteiger partial charge in [0.05, 0.1) is 6.61 Å². The quantitative estimate of drug-likeness (QED) is 0.711. The van der Waals surface area contributed by atoms with E-state index in [0.29, 0.717) is 17.9 Å². The maximum absolute atomic E-state index is 6.33. The molecule has 0 saturated heterocycles. The van der Waals surface area contributed by atoms with Crippen molar-refractivity contribution >= 4 is 0 Å². The fraction of sp³-hybridized carbons (Fsp3) is 1.00. The average Bonchev–Trinajstić information content (AvgIpc) is 2.51. The van der Waals surface area contributed by atoms with Crippen LogP contribution < -0.4 is 5.73 Å². The Kier molecular flexibility index (Phi) is 7.87. The lowest BCUT2D eigenvalue weighted by molar-refractivity contribution is 0.122. The highest BCUT2D eigenvalue weighted by atomic mass is 16.5. The lowest BCUT2D eigenvalue weighted by Crippen LogP contribution is -2.41. The normalized spacial score (nSPS) is 25.7. The zero-order chi connectivity index (χ0) is 13.4. The molecule has 1 aliphatic carbocycles. The summed E-state index contributed by atoms with van der Waals surface area (Å²) in [7, 11) is 1.78. The SMILES string of the molecule is COCCN(CC(C)C)CC1CCCCCC1N. The van der Waals surface area contributed by atoms with E-state index in [1.807, 2.05) is 0 Å². The van der Waals surface area contributed by atoms with E-state index in [0.717, 1.165) is 26.2 Å². The second kappa shape index (κ2) is 8.89. The summed E-state index contributed by atoms with van der Waals surface area (Å²) in [5.74, 6) is 1.40. The van der Waals surface area contributed by atoms with E-state index in [9.17, 15) is 0 Å². The Bertz CT molecular complexity index is 209. The van der Waals surface area contributed by atoms with E-state index < -0.39 is 0 Å². The van der Waals surface area contributed by atoms with E-state index in [1.165, 1.54) is 32.1 Å². The number of hydrogen-bond acceptors (Lipinski definition) is 3. The smallest absolute Gasteiger partial charge is 0.0589 e. The summed E-state index contributed by atoms with van der Waals surface area (Å²) in [5.41, 5.74) is 6.33. The molecule has 0 aliphatic heterocycles. The van der Waals surface area contributed by atoms with Crippen LogP contribution in [0.4, 0.5) is 0 Å². The largest absolute Gasteiger partial charge is 0.383 e. The first-order valence-corrected chi connectivity index (χ1v) is 7.60. The number of ether oxygens (including phenoxy) is 1. The van der Waals surface area contributed by atoms with Gasteiger partial charge in [-0.2, -0.15) is 0 Å². The molecule has 3 nitrogen and oxygen atoms in total. The molecule has 0 radical (unpaired) electrons. The predicted octanol–water partition coefficient (Wildman–Crippen LogP) is 2.50.